The zero-order valence-electron chi connectivity index (χ0n) is 10.4. The number of aromatic nitrogens is 1. The second-order valence-electron chi connectivity index (χ2n) is 5.06. The first-order valence-corrected chi connectivity index (χ1v) is 5.96. The van der Waals surface area contributed by atoms with Crippen molar-refractivity contribution in [2.24, 2.45) is 5.92 Å². The zero-order valence-corrected chi connectivity index (χ0v) is 10.4. The third kappa shape index (κ3) is 2.11. The average Bonchev–Trinajstić information content (AvgIpc) is 2.57. The molecule has 0 spiro atoms. The van der Waals surface area contributed by atoms with Gasteiger partial charge in [0.25, 0.3) is 0 Å². The highest BCUT2D eigenvalue weighted by Crippen LogP contribution is 2.26. The van der Waals surface area contributed by atoms with E-state index >= 15 is 0 Å². The maximum absolute atomic E-state index is 5.86. The number of fused-ring (bicyclic) bond motifs is 1. The minimum atomic E-state index is 0.476. The molecule has 0 atom stereocenters. The molecule has 0 aliphatic heterocycles. The fraction of sp³-hybridized carbons (Fsp3) is 0.500. The summed E-state index contributed by atoms with van der Waals surface area (Å²) in [5.41, 5.74) is 3.20. The second-order valence-corrected chi connectivity index (χ2v) is 5.06. The Labute approximate surface area is 96.7 Å². The normalized spacial score (nSPS) is 11.9. The van der Waals surface area contributed by atoms with Crippen LogP contribution in [0.15, 0.2) is 22.6 Å². The van der Waals surface area contributed by atoms with Gasteiger partial charge in [-0.1, -0.05) is 39.8 Å². The van der Waals surface area contributed by atoms with Gasteiger partial charge in [0.1, 0.15) is 5.52 Å². The van der Waals surface area contributed by atoms with Gasteiger partial charge in [0.15, 0.2) is 11.5 Å². The van der Waals surface area contributed by atoms with Crippen molar-refractivity contribution in [2.75, 3.05) is 0 Å². The van der Waals surface area contributed by atoms with Gasteiger partial charge >= 0.3 is 0 Å². The summed E-state index contributed by atoms with van der Waals surface area (Å²) in [6.45, 7) is 8.72. The molecular weight excluding hydrogens is 198 g/mol. The molecule has 0 N–H and O–H groups in total. The summed E-state index contributed by atoms with van der Waals surface area (Å²) in [6.07, 6.45) is 0.909. The second kappa shape index (κ2) is 4.28. The number of hydrogen-bond donors (Lipinski definition) is 0. The summed E-state index contributed by atoms with van der Waals surface area (Å²) in [4.78, 5) is 4.53. The van der Waals surface area contributed by atoms with Crippen LogP contribution in [0.4, 0.5) is 0 Å². The largest absolute Gasteiger partial charge is 0.440 e. The first-order valence-electron chi connectivity index (χ1n) is 5.96. The van der Waals surface area contributed by atoms with Gasteiger partial charge in [-0.15, -0.1) is 0 Å². The monoisotopic (exact) mass is 217 g/mol. The van der Waals surface area contributed by atoms with Gasteiger partial charge in [-0.25, -0.2) is 4.98 Å². The van der Waals surface area contributed by atoms with Crippen molar-refractivity contribution in [1.82, 2.24) is 4.98 Å². The minimum absolute atomic E-state index is 0.476. The number of para-hydroxylation sites is 1. The van der Waals surface area contributed by atoms with Crippen LogP contribution >= 0.6 is 0 Å². The standard InChI is InChI=1S/C14H19NO/c1-9(2)8-13-15-12-7-5-6-11(10(3)4)14(12)16-13/h5-7,9-10H,8H2,1-4H3. The van der Waals surface area contributed by atoms with E-state index in [1.807, 2.05) is 6.07 Å². The van der Waals surface area contributed by atoms with E-state index in [0.29, 0.717) is 11.8 Å². The summed E-state index contributed by atoms with van der Waals surface area (Å²) in [5.74, 6) is 1.91. The van der Waals surface area contributed by atoms with Crippen LogP contribution in [-0.4, -0.2) is 4.98 Å². The number of oxazole rings is 1. The molecular formula is C14H19NO. The lowest BCUT2D eigenvalue weighted by molar-refractivity contribution is 0.480. The molecule has 0 aliphatic carbocycles. The topological polar surface area (TPSA) is 26.0 Å². The van der Waals surface area contributed by atoms with Gasteiger partial charge in [-0.2, -0.15) is 0 Å². The van der Waals surface area contributed by atoms with Gasteiger partial charge in [-0.05, 0) is 23.5 Å². The lowest BCUT2D eigenvalue weighted by Gasteiger charge is -2.04. The highest BCUT2D eigenvalue weighted by molar-refractivity contribution is 5.76. The van der Waals surface area contributed by atoms with Gasteiger partial charge in [0.05, 0.1) is 0 Å². The molecule has 0 radical (unpaired) electrons. The fourth-order valence-electron chi connectivity index (χ4n) is 1.91. The number of nitrogens with zero attached hydrogens (tertiary/aromatic N) is 1. The lowest BCUT2D eigenvalue weighted by atomic mass is 10.0. The van der Waals surface area contributed by atoms with E-state index in [9.17, 15) is 0 Å². The highest BCUT2D eigenvalue weighted by Gasteiger charge is 2.12. The van der Waals surface area contributed by atoms with Crippen molar-refractivity contribution >= 4 is 11.1 Å². The molecule has 0 amide bonds. The number of rotatable bonds is 3. The van der Waals surface area contributed by atoms with E-state index in [1.54, 1.807) is 0 Å². The molecule has 0 saturated carbocycles. The Balaban J connectivity index is 2.48. The summed E-state index contributed by atoms with van der Waals surface area (Å²) < 4.78 is 5.86. The first kappa shape index (κ1) is 11.2. The summed E-state index contributed by atoms with van der Waals surface area (Å²) in [6, 6.07) is 6.20. The first-order chi connectivity index (χ1) is 7.58. The van der Waals surface area contributed by atoms with Crippen molar-refractivity contribution in [2.45, 2.75) is 40.0 Å². The molecule has 1 heterocycles. The van der Waals surface area contributed by atoms with Crippen molar-refractivity contribution in [1.29, 1.82) is 0 Å². The van der Waals surface area contributed by atoms with E-state index in [4.69, 9.17) is 4.42 Å². The van der Waals surface area contributed by atoms with Crippen LogP contribution < -0.4 is 0 Å². The molecule has 0 unspecified atom stereocenters. The van der Waals surface area contributed by atoms with Crippen LogP contribution in [-0.2, 0) is 6.42 Å². The average molecular weight is 217 g/mol. The molecule has 0 bridgehead atoms. The molecule has 2 rings (SSSR count). The Morgan fingerprint density at radius 1 is 1.19 bits per heavy atom. The van der Waals surface area contributed by atoms with Gasteiger partial charge in [0, 0.05) is 6.42 Å². The van der Waals surface area contributed by atoms with Gasteiger partial charge < -0.3 is 4.42 Å². The minimum Gasteiger partial charge on any atom is -0.440 e. The van der Waals surface area contributed by atoms with Crippen LogP contribution in [0.3, 0.4) is 0 Å². The molecule has 1 aromatic heterocycles. The van der Waals surface area contributed by atoms with Gasteiger partial charge in [-0.3, -0.25) is 0 Å². The van der Waals surface area contributed by atoms with Crippen molar-refractivity contribution in [3.63, 3.8) is 0 Å². The third-order valence-electron chi connectivity index (χ3n) is 2.69. The van der Waals surface area contributed by atoms with Crippen molar-refractivity contribution < 1.29 is 4.42 Å². The summed E-state index contributed by atoms with van der Waals surface area (Å²) in [7, 11) is 0. The summed E-state index contributed by atoms with van der Waals surface area (Å²) >= 11 is 0. The van der Waals surface area contributed by atoms with Crippen molar-refractivity contribution in [3.8, 4) is 0 Å². The molecule has 0 fully saturated rings. The van der Waals surface area contributed by atoms with Crippen LogP contribution in [0.5, 0.6) is 0 Å². The van der Waals surface area contributed by atoms with Crippen LogP contribution in [0.1, 0.15) is 45.1 Å². The predicted molar refractivity (Wildman–Crippen MR) is 66.6 cm³/mol. The predicted octanol–water partition coefficient (Wildman–Crippen LogP) is 4.15. The molecule has 16 heavy (non-hydrogen) atoms. The maximum Gasteiger partial charge on any atom is 0.195 e. The lowest BCUT2D eigenvalue weighted by Crippen LogP contribution is -1.93. The van der Waals surface area contributed by atoms with Crippen LogP contribution in [0.25, 0.3) is 11.1 Å². The van der Waals surface area contributed by atoms with Crippen molar-refractivity contribution in [3.05, 3.63) is 29.7 Å². The molecule has 1 aromatic carbocycles. The maximum atomic E-state index is 5.86. The summed E-state index contributed by atoms with van der Waals surface area (Å²) in [5, 5.41) is 0. The Morgan fingerprint density at radius 3 is 2.56 bits per heavy atom. The van der Waals surface area contributed by atoms with E-state index in [0.717, 1.165) is 23.4 Å². The van der Waals surface area contributed by atoms with Crippen LogP contribution in [0, 0.1) is 5.92 Å². The van der Waals surface area contributed by atoms with E-state index < -0.39 is 0 Å². The number of benzene rings is 1. The third-order valence-corrected chi connectivity index (χ3v) is 2.69. The Morgan fingerprint density at radius 2 is 1.94 bits per heavy atom. The van der Waals surface area contributed by atoms with Gasteiger partial charge in [0.2, 0.25) is 0 Å². The molecule has 0 aliphatic rings. The smallest absolute Gasteiger partial charge is 0.195 e. The molecule has 0 saturated heterocycles. The molecule has 86 valence electrons. The molecule has 2 aromatic rings. The SMILES string of the molecule is CC(C)Cc1nc2cccc(C(C)C)c2o1. The van der Waals surface area contributed by atoms with E-state index in [1.165, 1.54) is 5.56 Å². The fourth-order valence-corrected chi connectivity index (χ4v) is 1.91. The molecule has 2 nitrogen and oxygen atoms in total. The molecule has 2 heteroatoms. The zero-order chi connectivity index (χ0) is 11.7. The quantitative estimate of drug-likeness (QED) is 0.772. The van der Waals surface area contributed by atoms with E-state index in [2.05, 4.69) is 44.8 Å². The van der Waals surface area contributed by atoms with Crippen LogP contribution in [0.2, 0.25) is 0 Å². The Bertz CT molecular complexity index is 482. The van der Waals surface area contributed by atoms with E-state index in [-0.39, 0.29) is 0 Å². The Kier molecular flexibility index (Phi) is 2.99. The highest BCUT2D eigenvalue weighted by atomic mass is 16.3. The number of hydrogen-bond acceptors (Lipinski definition) is 2. The Hall–Kier alpha value is -1.31.